The van der Waals surface area contributed by atoms with E-state index in [-0.39, 0.29) is 5.36 Å². The summed E-state index contributed by atoms with van der Waals surface area (Å²) in [6.45, 7) is 0. The van der Waals surface area contributed by atoms with Gasteiger partial charge in [0.05, 0.1) is 19.9 Å². The Kier molecular flexibility index (Phi) is 3.80. The smallest absolute Gasteiger partial charge is 0.218 e. The number of hydrogen-bond acceptors (Lipinski definition) is 6. The molecule has 0 aromatic heterocycles. The van der Waals surface area contributed by atoms with Gasteiger partial charge in [-0.25, -0.2) is 0 Å². The highest BCUT2D eigenvalue weighted by atomic mass is 16.5. The van der Waals surface area contributed by atoms with Crippen molar-refractivity contribution in [1.82, 2.24) is 0 Å². The normalized spacial score (nSPS) is 11.7. The van der Waals surface area contributed by atoms with E-state index in [1.54, 1.807) is 49.6 Å². The topological polar surface area (TPSA) is 77.0 Å². The molecule has 0 aliphatic heterocycles. The Hall–Kier alpha value is -3.15. The van der Waals surface area contributed by atoms with Crippen LogP contribution in [0, 0.1) is 0 Å². The zero-order valence-corrected chi connectivity index (χ0v) is 12.6. The van der Waals surface area contributed by atoms with Crippen LogP contribution in [0.2, 0.25) is 0 Å². The van der Waals surface area contributed by atoms with Crippen LogP contribution in [0.15, 0.2) is 57.2 Å². The molecule has 0 saturated carbocycles. The van der Waals surface area contributed by atoms with Gasteiger partial charge >= 0.3 is 0 Å². The van der Waals surface area contributed by atoms with Crippen molar-refractivity contribution in [2.75, 3.05) is 19.6 Å². The van der Waals surface area contributed by atoms with Crippen molar-refractivity contribution < 1.29 is 9.47 Å². The van der Waals surface area contributed by atoms with Crippen LogP contribution in [0.1, 0.15) is 0 Å². The molecular formula is C17H14N2O4. The summed E-state index contributed by atoms with van der Waals surface area (Å²) >= 11 is 0. The first-order chi connectivity index (χ1) is 11.1. The Balaban J connectivity index is 2.04. The molecule has 0 heterocycles. The van der Waals surface area contributed by atoms with E-state index in [4.69, 9.17) is 9.47 Å². The van der Waals surface area contributed by atoms with Gasteiger partial charge in [0.15, 0.2) is 5.36 Å². The van der Waals surface area contributed by atoms with E-state index in [1.807, 2.05) is 0 Å². The summed E-state index contributed by atoms with van der Waals surface area (Å²) in [5.41, 5.74) is 2.56. The molecule has 0 bridgehead atoms. The molecular weight excluding hydrogens is 296 g/mol. The lowest BCUT2D eigenvalue weighted by atomic mass is 10.2. The van der Waals surface area contributed by atoms with Crippen molar-refractivity contribution in [1.29, 1.82) is 0 Å². The van der Waals surface area contributed by atoms with E-state index in [0.717, 1.165) is 0 Å². The number of nitrogens with one attached hydrogen (secondary N) is 1. The highest BCUT2D eigenvalue weighted by Crippen LogP contribution is 2.15. The van der Waals surface area contributed by atoms with E-state index in [0.29, 0.717) is 28.0 Å². The van der Waals surface area contributed by atoms with E-state index in [9.17, 15) is 9.59 Å². The Morgan fingerprint density at radius 3 is 2.09 bits per heavy atom. The van der Waals surface area contributed by atoms with Gasteiger partial charge in [-0.15, -0.1) is 0 Å². The van der Waals surface area contributed by atoms with E-state index < -0.39 is 10.9 Å². The lowest BCUT2D eigenvalue weighted by Gasteiger charge is -2.01. The minimum atomic E-state index is -0.412. The van der Waals surface area contributed by atoms with Gasteiger partial charge in [-0.3, -0.25) is 15.0 Å². The Labute approximate surface area is 131 Å². The van der Waals surface area contributed by atoms with Gasteiger partial charge < -0.3 is 9.47 Å². The predicted octanol–water partition coefficient (Wildman–Crippen LogP) is 1.38. The van der Waals surface area contributed by atoms with Gasteiger partial charge in [0, 0.05) is 10.8 Å². The van der Waals surface area contributed by atoms with Crippen LogP contribution in [0.5, 0.6) is 11.5 Å². The van der Waals surface area contributed by atoms with Crippen molar-refractivity contribution in [3.05, 3.63) is 68.3 Å². The molecule has 116 valence electrons. The molecule has 3 aromatic carbocycles. The minimum Gasteiger partial charge on any atom is -0.497 e. The lowest BCUT2D eigenvalue weighted by molar-refractivity contribution is 0.415. The number of ether oxygens (including phenoxy) is 2. The molecule has 0 unspecified atom stereocenters. The number of methoxy groups -OCH3 is 2. The third-order valence-corrected chi connectivity index (χ3v) is 3.53. The quantitative estimate of drug-likeness (QED) is 0.737. The maximum atomic E-state index is 12.3. The fourth-order valence-electron chi connectivity index (χ4n) is 2.28. The van der Waals surface area contributed by atoms with Crippen LogP contribution in [-0.4, -0.2) is 14.2 Å². The fraction of sp³-hybridized carbons (Fsp3) is 0.118. The molecule has 6 heteroatoms. The van der Waals surface area contributed by atoms with Gasteiger partial charge in [0.1, 0.15) is 11.5 Å². The third-order valence-electron chi connectivity index (χ3n) is 3.53. The Bertz CT molecular complexity index is 1000. The zero-order chi connectivity index (χ0) is 16.4. The molecule has 0 spiro atoms. The first kappa shape index (κ1) is 14.8. The summed E-state index contributed by atoms with van der Waals surface area (Å²) in [5.74, 6) is 1.23. The number of hydrogen-bond donors (Lipinski definition) is 1. The molecule has 0 radical (unpaired) electrons. The van der Waals surface area contributed by atoms with Crippen molar-refractivity contribution in [3.8, 4) is 11.5 Å². The fourth-order valence-corrected chi connectivity index (χ4v) is 2.28. The average Bonchev–Trinajstić information content (AvgIpc) is 2.84. The van der Waals surface area contributed by atoms with Crippen molar-refractivity contribution in [3.63, 3.8) is 0 Å². The summed E-state index contributed by atoms with van der Waals surface area (Å²) in [6, 6.07) is 11.7. The van der Waals surface area contributed by atoms with Crippen molar-refractivity contribution in [2.24, 2.45) is 5.10 Å². The van der Waals surface area contributed by atoms with Crippen molar-refractivity contribution >= 4 is 16.5 Å². The first-order valence-electron chi connectivity index (χ1n) is 6.89. The maximum Gasteiger partial charge on any atom is 0.218 e. The number of nitrogens with zero attached hydrogens (tertiary/aromatic N) is 1. The summed E-state index contributed by atoms with van der Waals surface area (Å²) < 4.78 is 10.1. The summed E-state index contributed by atoms with van der Waals surface area (Å²) in [5, 5.41) is 4.48. The molecule has 0 saturated heterocycles. The molecule has 0 atom stereocenters. The zero-order valence-electron chi connectivity index (χ0n) is 12.6. The summed E-state index contributed by atoms with van der Waals surface area (Å²) in [4.78, 5) is 24.6. The molecule has 0 amide bonds. The summed E-state index contributed by atoms with van der Waals surface area (Å²) in [6.07, 6.45) is 0. The van der Waals surface area contributed by atoms with E-state index >= 15 is 0 Å². The van der Waals surface area contributed by atoms with Gasteiger partial charge in [-0.05, 0) is 42.5 Å². The van der Waals surface area contributed by atoms with Gasteiger partial charge in [-0.2, -0.15) is 5.10 Å². The molecule has 3 rings (SSSR count). The number of anilines is 1. The molecule has 1 N–H and O–H groups in total. The highest BCUT2D eigenvalue weighted by molar-refractivity contribution is 5.84. The second-order valence-electron chi connectivity index (χ2n) is 4.87. The number of benzene rings is 2. The first-order valence-corrected chi connectivity index (χ1v) is 6.89. The second-order valence-corrected chi connectivity index (χ2v) is 4.87. The average molecular weight is 310 g/mol. The monoisotopic (exact) mass is 310 g/mol. The van der Waals surface area contributed by atoms with Crippen LogP contribution in [0.4, 0.5) is 5.69 Å². The maximum absolute atomic E-state index is 12.3. The minimum absolute atomic E-state index is 0.135. The highest BCUT2D eigenvalue weighted by Gasteiger charge is 2.11. The van der Waals surface area contributed by atoms with Gasteiger partial charge in [-0.1, -0.05) is 0 Å². The van der Waals surface area contributed by atoms with Crippen LogP contribution in [-0.2, 0) is 0 Å². The molecule has 23 heavy (non-hydrogen) atoms. The molecule has 0 fully saturated rings. The molecule has 6 nitrogen and oxygen atoms in total. The standard InChI is InChI=1S/C17H14N2O4/c1-22-11-5-3-10(4-6-11)18-19-15-16(20)13-8-7-12(23-2)9-14(13)17(15)21/h3-9,18H,1-2H3/b19-15+. The molecule has 0 aliphatic carbocycles. The lowest BCUT2D eigenvalue weighted by Crippen LogP contribution is -2.32. The Morgan fingerprint density at radius 2 is 1.43 bits per heavy atom. The predicted molar refractivity (Wildman–Crippen MR) is 87.6 cm³/mol. The van der Waals surface area contributed by atoms with Crippen LogP contribution < -0.4 is 31.1 Å². The molecule has 0 aliphatic rings. The Morgan fingerprint density at radius 1 is 0.826 bits per heavy atom. The summed E-state index contributed by atoms with van der Waals surface area (Å²) in [7, 11) is 3.08. The SMILES string of the molecule is COc1ccc(N/N=c2\c(=O)c3ccc(OC)cc3c2=O)cc1. The number of fused-ring (bicyclic) bond motifs is 1. The van der Waals surface area contributed by atoms with E-state index in [2.05, 4.69) is 10.5 Å². The van der Waals surface area contributed by atoms with Crippen LogP contribution in [0.3, 0.4) is 0 Å². The van der Waals surface area contributed by atoms with Crippen LogP contribution >= 0.6 is 0 Å². The number of rotatable bonds is 4. The van der Waals surface area contributed by atoms with Gasteiger partial charge in [0.2, 0.25) is 10.9 Å². The largest absolute Gasteiger partial charge is 0.497 e. The third kappa shape index (κ3) is 2.66. The van der Waals surface area contributed by atoms with Crippen LogP contribution in [0.25, 0.3) is 10.8 Å². The second kappa shape index (κ2) is 5.92. The van der Waals surface area contributed by atoms with Gasteiger partial charge in [0.25, 0.3) is 0 Å². The molecule has 3 aromatic rings. The van der Waals surface area contributed by atoms with Crippen molar-refractivity contribution in [2.45, 2.75) is 0 Å². The van der Waals surface area contributed by atoms with E-state index in [1.165, 1.54) is 7.11 Å².